The Morgan fingerprint density at radius 3 is 2.92 bits per heavy atom. The second-order valence-corrected chi connectivity index (χ2v) is 3.22. The van der Waals surface area contributed by atoms with Crippen LogP contribution >= 0.6 is 15.9 Å². The van der Waals surface area contributed by atoms with Crippen LogP contribution in [0.5, 0.6) is 0 Å². The highest BCUT2D eigenvalue weighted by atomic mass is 79.9. The smallest absolute Gasteiger partial charge is 0.208 e. The number of aromatic nitrogens is 2. The number of para-hydroxylation sites is 2. The van der Waals surface area contributed by atoms with Crippen molar-refractivity contribution in [1.29, 1.82) is 0 Å². The summed E-state index contributed by atoms with van der Waals surface area (Å²) in [5.41, 5.74) is 1.72. The zero-order valence-corrected chi connectivity index (χ0v) is 8.34. The van der Waals surface area contributed by atoms with E-state index >= 15 is 0 Å². The van der Waals surface area contributed by atoms with Crippen molar-refractivity contribution < 1.29 is 4.79 Å². The molecule has 3 nitrogen and oxygen atoms in total. The van der Waals surface area contributed by atoms with E-state index in [0.717, 1.165) is 11.0 Å². The molecule has 0 saturated carbocycles. The van der Waals surface area contributed by atoms with Gasteiger partial charge in [-0.15, -0.1) is 0 Å². The number of halogens is 1. The van der Waals surface area contributed by atoms with Gasteiger partial charge in [0.05, 0.1) is 16.4 Å². The minimum absolute atomic E-state index is 0.0313. The molecule has 0 unspecified atom stereocenters. The van der Waals surface area contributed by atoms with Gasteiger partial charge in [-0.05, 0) is 12.1 Å². The number of ketones is 1. The molecule has 2 aromatic rings. The number of hydrogen-bond acceptors (Lipinski definition) is 2. The number of H-pyrrole nitrogens is 1. The summed E-state index contributed by atoms with van der Waals surface area (Å²) in [5, 5.41) is 0.298. The van der Waals surface area contributed by atoms with E-state index in [4.69, 9.17) is 0 Å². The van der Waals surface area contributed by atoms with Crippen molar-refractivity contribution in [3.05, 3.63) is 30.1 Å². The van der Waals surface area contributed by atoms with Crippen molar-refractivity contribution in [3.8, 4) is 0 Å². The van der Waals surface area contributed by atoms with Gasteiger partial charge in [-0.1, -0.05) is 28.1 Å². The molecule has 0 saturated heterocycles. The fraction of sp³-hybridized carbons (Fsp3) is 0.111. The number of nitrogens with zero attached hydrogens (tertiary/aromatic N) is 1. The van der Waals surface area contributed by atoms with E-state index in [-0.39, 0.29) is 5.78 Å². The molecule has 0 bridgehead atoms. The molecule has 0 amide bonds. The Balaban J connectivity index is 2.56. The standard InChI is InChI=1S/C9H7BrN2O/c10-5-8(13)9-11-6-3-1-2-4-7(6)12-9/h1-4H,5H2,(H,11,12). The molecule has 1 aromatic heterocycles. The highest BCUT2D eigenvalue weighted by molar-refractivity contribution is 9.09. The second kappa shape index (κ2) is 3.30. The first-order valence-corrected chi connectivity index (χ1v) is 4.97. The zero-order chi connectivity index (χ0) is 9.26. The lowest BCUT2D eigenvalue weighted by Gasteiger charge is -1.86. The number of aromatic amines is 1. The molecule has 1 aromatic carbocycles. The Morgan fingerprint density at radius 1 is 1.46 bits per heavy atom. The summed E-state index contributed by atoms with van der Waals surface area (Å²) in [5.74, 6) is 0.384. The number of rotatable bonds is 2. The van der Waals surface area contributed by atoms with E-state index in [9.17, 15) is 4.79 Å². The van der Waals surface area contributed by atoms with Crippen LogP contribution in [0, 0.1) is 0 Å². The second-order valence-electron chi connectivity index (χ2n) is 2.66. The molecule has 2 rings (SSSR count). The van der Waals surface area contributed by atoms with Crippen LogP contribution in [0.1, 0.15) is 10.6 Å². The Labute approximate surface area is 83.3 Å². The first-order valence-electron chi connectivity index (χ1n) is 3.85. The fourth-order valence-electron chi connectivity index (χ4n) is 1.15. The number of fused-ring (bicyclic) bond motifs is 1. The van der Waals surface area contributed by atoms with E-state index < -0.39 is 0 Å². The van der Waals surface area contributed by atoms with Gasteiger partial charge in [0.2, 0.25) is 5.78 Å². The Hall–Kier alpha value is -1.16. The van der Waals surface area contributed by atoms with E-state index in [2.05, 4.69) is 25.9 Å². The van der Waals surface area contributed by atoms with Gasteiger partial charge in [-0.2, -0.15) is 0 Å². The monoisotopic (exact) mass is 238 g/mol. The van der Waals surface area contributed by atoms with Crippen LogP contribution in [0.15, 0.2) is 24.3 Å². The normalized spacial score (nSPS) is 10.5. The predicted molar refractivity (Wildman–Crippen MR) is 54.2 cm³/mol. The molecule has 1 heterocycles. The summed E-state index contributed by atoms with van der Waals surface area (Å²) in [6.07, 6.45) is 0. The molecule has 0 aliphatic rings. The van der Waals surface area contributed by atoms with Crippen LogP contribution in [0.25, 0.3) is 11.0 Å². The molecule has 1 N–H and O–H groups in total. The van der Waals surface area contributed by atoms with Gasteiger partial charge in [-0.3, -0.25) is 4.79 Å². The van der Waals surface area contributed by atoms with Crippen molar-refractivity contribution in [2.24, 2.45) is 0 Å². The SMILES string of the molecule is O=C(CBr)c1nc2ccccc2[nH]1. The minimum Gasteiger partial charge on any atom is -0.335 e. The van der Waals surface area contributed by atoms with E-state index in [1.165, 1.54) is 0 Å². The number of imidazole rings is 1. The summed E-state index contributed by atoms with van der Waals surface area (Å²) >= 11 is 3.10. The van der Waals surface area contributed by atoms with E-state index in [1.807, 2.05) is 24.3 Å². The lowest BCUT2D eigenvalue weighted by molar-refractivity contribution is 0.101. The number of carbonyl (C=O) groups is 1. The lowest BCUT2D eigenvalue weighted by atomic mass is 10.3. The third-order valence-electron chi connectivity index (χ3n) is 1.77. The average Bonchev–Trinajstić information content (AvgIpc) is 2.59. The molecule has 0 aliphatic heterocycles. The first-order chi connectivity index (χ1) is 6.31. The molecule has 0 atom stereocenters. The van der Waals surface area contributed by atoms with Crippen molar-refractivity contribution in [1.82, 2.24) is 9.97 Å². The number of benzene rings is 1. The topological polar surface area (TPSA) is 45.8 Å². The molecule has 0 spiro atoms. The maximum atomic E-state index is 11.2. The molecule has 0 aliphatic carbocycles. The van der Waals surface area contributed by atoms with Crippen LogP contribution in [0.3, 0.4) is 0 Å². The molecular weight excluding hydrogens is 232 g/mol. The van der Waals surface area contributed by atoms with Crippen LogP contribution < -0.4 is 0 Å². The summed E-state index contributed by atoms with van der Waals surface area (Å²) in [7, 11) is 0. The minimum atomic E-state index is -0.0313. The average molecular weight is 239 g/mol. The lowest BCUT2D eigenvalue weighted by Crippen LogP contribution is -2.01. The van der Waals surface area contributed by atoms with Gasteiger partial charge in [0.15, 0.2) is 5.82 Å². The third-order valence-corrected chi connectivity index (χ3v) is 2.28. The fourth-order valence-corrected chi connectivity index (χ4v) is 1.41. The molecule has 0 fully saturated rings. The maximum absolute atomic E-state index is 11.2. The van der Waals surface area contributed by atoms with Crippen molar-refractivity contribution >= 4 is 32.7 Å². The quantitative estimate of drug-likeness (QED) is 0.644. The number of Topliss-reactive ketones (excluding diaryl/α,β-unsaturated/α-hetero) is 1. The van der Waals surface area contributed by atoms with Crippen LogP contribution in [-0.4, -0.2) is 21.1 Å². The summed E-state index contributed by atoms with van der Waals surface area (Å²) in [6, 6.07) is 7.57. The highest BCUT2D eigenvalue weighted by Crippen LogP contribution is 2.10. The van der Waals surface area contributed by atoms with Gasteiger partial charge in [0, 0.05) is 0 Å². The molecule has 13 heavy (non-hydrogen) atoms. The van der Waals surface area contributed by atoms with Crippen molar-refractivity contribution in [3.63, 3.8) is 0 Å². The Bertz CT molecular complexity index is 417. The van der Waals surface area contributed by atoms with Crippen LogP contribution in [0.4, 0.5) is 0 Å². The van der Waals surface area contributed by atoms with E-state index in [1.54, 1.807) is 0 Å². The highest BCUT2D eigenvalue weighted by Gasteiger charge is 2.08. The molecular formula is C9H7BrN2O. The summed E-state index contributed by atoms with van der Waals surface area (Å²) < 4.78 is 0. The largest absolute Gasteiger partial charge is 0.335 e. The van der Waals surface area contributed by atoms with Gasteiger partial charge in [-0.25, -0.2) is 4.98 Å². The number of nitrogens with one attached hydrogen (secondary N) is 1. The summed E-state index contributed by atoms with van der Waals surface area (Å²) in [4.78, 5) is 18.3. The first kappa shape index (κ1) is 8.44. The van der Waals surface area contributed by atoms with Crippen molar-refractivity contribution in [2.45, 2.75) is 0 Å². The molecule has 0 radical (unpaired) electrons. The van der Waals surface area contributed by atoms with E-state index in [0.29, 0.717) is 11.2 Å². The van der Waals surface area contributed by atoms with Crippen LogP contribution in [0.2, 0.25) is 0 Å². The molecule has 66 valence electrons. The van der Waals surface area contributed by atoms with Gasteiger partial charge in [0.25, 0.3) is 0 Å². The Morgan fingerprint density at radius 2 is 2.23 bits per heavy atom. The molecule has 4 heteroatoms. The van der Waals surface area contributed by atoms with Gasteiger partial charge in [0.1, 0.15) is 0 Å². The summed E-state index contributed by atoms with van der Waals surface area (Å²) in [6.45, 7) is 0. The van der Waals surface area contributed by atoms with Crippen molar-refractivity contribution in [2.75, 3.05) is 5.33 Å². The zero-order valence-electron chi connectivity index (χ0n) is 6.75. The maximum Gasteiger partial charge on any atom is 0.208 e. The Kier molecular flexibility index (Phi) is 2.14. The van der Waals surface area contributed by atoms with Crippen LogP contribution in [-0.2, 0) is 0 Å². The van der Waals surface area contributed by atoms with Gasteiger partial charge >= 0.3 is 0 Å². The third kappa shape index (κ3) is 1.49. The number of alkyl halides is 1. The predicted octanol–water partition coefficient (Wildman–Crippen LogP) is 2.14. The number of hydrogen-bond donors (Lipinski definition) is 1. The van der Waals surface area contributed by atoms with Gasteiger partial charge < -0.3 is 4.98 Å². The number of carbonyl (C=O) groups excluding carboxylic acids is 1.